The zero-order valence-corrected chi connectivity index (χ0v) is 14.4. The maximum absolute atomic E-state index is 12.3. The van der Waals surface area contributed by atoms with Gasteiger partial charge in [-0.25, -0.2) is 4.79 Å². The molecule has 2 aromatic heterocycles. The van der Waals surface area contributed by atoms with E-state index in [1.807, 2.05) is 6.92 Å². The van der Waals surface area contributed by atoms with Gasteiger partial charge in [0.25, 0.3) is 11.8 Å². The third kappa shape index (κ3) is 3.46. The van der Waals surface area contributed by atoms with Gasteiger partial charge in [0.15, 0.2) is 0 Å². The van der Waals surface area contributed by atoms with E-state index in [0.29, 0.717) is 17.7 Å². The highest BCUT2D eigenvalue weighted by Crippen LogP contribution is 2.33. The van der Waals surface area contributed by atoms with Gasteiger partial charge in [0.1, 0.15) is 10.7 Å². The van der Waals surface area contributed by atoms with Crippen LogP contribution in [-0.4, -0.2) is 34.2 Å². The highest BCUT2D eigenvalue weighted by molar-refractivity contribution is 7.18. The van der Waals surface area contributed by atoms with Crippen LogP contribution in [0, 0.1) is 6.92 Å². The van der Waals surface area contributed by atoms with Crippen molar-refractivity contribution in [2.75, 3.05) is 11.9 Å². The van der Waals surface area contributed by atoms with Gasteiger partial charge in [-0.1, -0.05) is 6.92 Å². The number of anilines is 1. The van der Waals surface area contributed by atoms with Gasteiger partial charge in [-0.3, -0.25) is 14.3 Å². The lowest BCUT2D eigenvalue weighted by Gasteiger charge is -2.07. The smallest absolute Gasteiger partial charge is 0.341 e. The standard InChI is InChI=1S/C15H18N4O4S/c1-4-7-23-15(22)10-8(2)11(12(16)20)24-14(10)18-13(21)9-5-6-17-19(9)3/h5-6H,4,7H2,1-3H3,(H2,16,20)(H,18,21). The van der Waals surface area contributed by atoms with E-state index in [1.165, 1.54) is 10.9 Å². The normalized spacial score (nSPS) is 10.5. The van der Waals surface area contributed by atoms with Crippen LogP contribution >= 0.6 is 11.3 Å². The van der Waals surface area contributed by atoms with Crippen LogP contribution in [0.2, 0.25) is 0 Å². The van der Waals surface area contributed by atoms with Crippen LogP contribution in [0.25, 0.3) is 0 Å². The minimum Gasteiger partial charge on any atom is -0.462 e. The third-order valence-electron chi connectivity index (χ3n) is 3.29. The van der Waals surface area contributed by atoms with Gasteiger partial charge in [0.2, 0.25) is 0 Å². The van der Waals surface area contributed by atoms with E-state index in [9.17, 15) is 14.4 Å². The number of ether oxygens (including phenoxy) is 1. The summed E-state index contributed by atoms with van der Waals surface area (Å²) in [5.74, 6) is -1.71. The number of thiophene rings is 1. The number of hydrogen-bond acceptors (Lipinski definition) is 6. The first-order valence-electron chi connectivity index (χ1n) is 7.26. The van der Waals surface area contributed by atoms with Gasteiger partial charge < -0.3 is 15.8 Å². The Morgan fingerprint density at radius 2 is 2.12 bits per heavy atom. The second-order valence-electron chi connectivity index (χ2n) is 5.05. The molecule has 8 nitrogen and oxygen atoms in total. The van der Waals surface area contributed by atoms with Gasteiger partial charge in [-0.05, 0) is 25.0 Å². The topological polar surface area (TPSA) is 116 Å². The van der Waals surface area contributed by atoms with E-state index < -0.39 is 17.8 Å². The summed E-state index contributed by atoms with van der Waals surface area (Å²) in [6.45, 7) is 3.71. The summed E-state index contributed by atoms with van der Waals surface area (Å²) in [5.41, 5.74) is 6.20. The van der Waals surface area contributed by atoms with Crippen molar-refractivity contribution in [1.29, 1.82) is 0 Å². The molecule has 0 saturated carbocycles. The Hall–Kier alpha value is -2.68. The predicted molar refractivity (Wildman–Crippen MR) is 89.3 cm³/mol. The maximum Gasteiger partial charge on any atom is 0.341 e. The Bertz CT molecular complexity index is 793. The Balaban J connectivity index is 2.39. The number of aromatic nitrogens is 2. The molecule has 0 saturated heterocycles. The number of primary amides is 1. The molecule has 0 radical (unpaired) electrons. The van der Waals surface area contributed by atoms with Crippen LogP contribution in [0.4, 0.5) is 5.00 Å². The third-order valence-corrected chi connectivity index (χ3v) is 4.51. The van der Waals surface area contributed by atoms with Gasteiger partial charge >= 0.3 is 5.97 Å². The average molecular weight is 350 g/mol. The van der Waals surface area contributed by atoms with Gasteiger partial charge in [-0.2, -0.15) is 5.10 Å². The van der Waals surface area contributed by atoms with E-state index in [0.717, 1.165) is 11.3 Å². The molecular weight excluding hydrogens is 332 g/mol. The number of nitrogens with zero attached hydrogens (tertiary/aromatic N) is 2. The quantitative estimate of drug-likeness (QED) is 0.769. The molecule has 2 rings (SSSR count). The second kappa shape index (κ2) is 7.26. The lowest BCUT2D eigenvalue weighted by molar-refractivity contribution is 0.0506. The number of carbonyl (C=O) groups is 3. The zero-order valence-electron chi connectivity index (χ0n) is 13.6. The Morgan fingerprint density at radius 1 is 1.42 bits per heavy atom. The van der Waals surface area contributed by atoms with Crippen LogP contribution < -0.4 is 11.1 Å². The summed E-state index contributed by atoms with van der Waals surface area (Å²) in [4.78, 5) is 36.4. The van der Waals surface area contributed by atoms with E-state index in [1.54, 1.807) is 20.0 Å². The number of esters is 1. The summed E-state index contributed by atoms with van der Waals surface area (Å²) in [5, 5.41) is 6.79. The fourth-order valence-electron chi connectivity index (χ4n) is 2.11. The molecule has 128 valence electrons. The van der Waals surface area contributed by atoms with Crippen molar-refractivity contribution >= 4 is 34.1 Å². The second-order valence-corrected chi connectivity index (χ2v) is 6.08. The van der Waals surface area contributed by atoms with Crippen LogP contribution in [0.15, 0.2) is 12.3 Å². The monoisotopic (exact) mass is 350 g/mol. The molecule has 9 heteroatoms. The lowest BCUT2D eigenvalue weighted by Crippen LogP contribution is -2.18. The molecule has 0 bridgehead atoms. The average Bonchev–Trinajstić information content (AvgIpc) is 3.08. The number of amides is 2. The SMILES string of the molecule is CCCOC(=O)c1c(NC(=O)c2ccnn2C)sc(C(N)=O)c1C. The zero-order chi connectivity index (χ0) is 17.9. The largest absolute Gasteiger partial charge is 0.462 e. The van der Waals surface area contributed by atoms with Crippen molar-refractivity contribution in [3.8, 4) is 0 Å². The number of carbonyl (C=O) groups excluding carboxylic acids is 3. The molecule has 0 unspecified atom stereocenters. The molecule has 0 aliphatic rings. The van der Waals surface area contributed by atoms with E-state index in [4.69, 9.17) is 10.5 Å². The highest BCUT2D eigenvalue weighted by atomic mass is 32.1. The minimum absolute atomic E-state index is 0.151. The number of hydrogen-bond donors (Lipinski definition) is 2. The van der Waals surface area contributed by atoms with Gasteiger partial charge in [-0.15, -0.1) is 11.3 Å². The van der Waals surface area contributed by atoms with E-state index in [-0.39, 0.29) is 22.0 Å². The Kier molecular flexibility index (Phi) is 5.35. The van der Waals surface area contributed by atoms with E-state index in [2.05, 4.69) is 10.4 Å². The van der Waals surface area contributed by atoms with Gasteiger partial charge in [0, 0.05) is 13.2 Å². The predicted octanol–water partition coefficient (Wildman–Crippen LogP) is 1.71. The van der Waals surface area contributed by atoms with Crippen LogP contribution in [0.1, 0.15) is 49.4 Å². The Labute approximate surface area is 142 Å². The number of aryl methyl sites for hydroxylation is 1. The summed E-state index contributed by atoms with van der Waals surface area (Å²) in [6, 6.07) is 1.54. The summed E-state index contributed by atoms with van der Waals surface area (Å²) >= 11 is 0.950. The van der Waals surface area contributed by atoms with Crippen molar-refractivity contribution in [3.63, 3.8) is 0 Å². The van der Waals surface area contributed by atoms with Crippen LogP contribution in [-0.2, 0) is 11.8 Å². The van der Waals surface area contributed by atoms with Crippen LogP contribution in [0.3, 0.4) is 0 Å². The fourth-order valence-corrected chi connectivity index (χ4v) is 3.16. The molecule has 0 fully saturated rings. The first kappa shape index (κ1) is 17.7. The molecule has 0 aliphatic heterocycles. The molecule has 24 heavy (non-hydrogen) atoms. The van der Waals surface area contributed by atoms with Crippen molar-refractivity contribution in [2.24, 2.45) is 12.8 Å². The molecule has 2 amide bonds. The van der Waals surface area contributed by atoms with Crippen molar-refractivity contribution < 1.29 is 19.1 Å². The molecule has 0 aliphatic carbocycles. The molecule has 3 N–H and O–H groups in total. The molecular formula is C15H18N4O4S. The lowest BCUT2D eigenvalue weighted by atomic mass is 10.1. The van der Waals surface area contributed by atoms with Crippen molar-refractivity contribution in [1.82, 2.24) is 9.78 Å². The van der Waals surface area contributed by atoms with E-state index >= 15 is 0 Å². The van der Waals surface area contributed by atoms with Crippen molar-refractivity contribution in [2.45, 2.75) is 20.3 Å². The molecule has 0 spiro atoms. The summed E-state index contributed by atoms with van der Waals surface area (Å²) in [6.07, 6.45) is 2.15. The van der Waals surface area contributed by atoms with Crippen molar-refractivity contribution in [3.05, 3.63) is 34.0 Å². The molecule has 0 aromatic carbocycles. The molecule has 2 heterocycles. The van der Waals surface area contributed by atoms with Gasteiger partial charge in [0.05, 0.1) is 17.0 Å². The maximum atomic E-state index is 12.3. The number of rotatable bonds is 6. The molecule has 0 atom stereocenters. The van der Waals surface area contributed by atoms with Crippen LogP contribution in [0.5, 0.6) is 0 Å². The first-order chi connectivity index (χ1) is 11.4. The molecule has 2 aromatic rings. The highest BCUT2D eigenvalue weighted by Gasteiger charge is 2.26. The first-order valence-corrected chi connectivity index (χ1v) is 8.08. The minimum atomic E-state index is -0.664. The summed E-state index contributed by atoms with van der Waals surface area (Å²) in [7, 11) is 1.62. The number of nitrogens with two attached hydrogens (primary N) is 1. The Morgan fingerprint density at radius 3 is 2.67 bits per heavy atom. The number of nitrogens with one attached hydrogen (secondary N) is 1. The summed E-state index contributed by atoms with van der Waals surface area (Å²) < 4.78 is 6.54. The fraction of sp³-hybridized carbons (Fsp3) is 0.333.